The number of carbonyl (C=O) groups excluding carboxylic acids is 1. The van der Waals surface area contributed by atoms with Gasteiger partial charge < -0.3 is 15.0 Å². The number of likely N-dealkylation sites (tertiary alicyclic amines) is 1. The number of amides is 1. The predicted molar refractivity (Wildman–Crippen MR) is 97.6 cm³/mol. The zero-order valence-electron chi connectivity index (χ0n) is 15.5. The summed E-state index contributed by atoms with van der Waals surface area (Å²) in [5, 5.41) is 3.37. The number of rotatable bonds is 7. The summed E-state index contributed by atoms with van der Waals surface area (Å²) < 4.78 is 5.58. The number of unbranched alkanes of at least 4 members (excludes halogenated alkanes) is 1. The van der Waals surface area contributed by atoms with Gasteiger partial charge in [-0.25, -0.2) is 9.97 Å². The van der Waals surface area contributed by atoms with E-state index in [0.29, 0.717) is 19.5 Å². The van der Waals surface area contributed by atoms with Gasteiger partial charge in [0.2, 0.25) is 5.91 Å². The van der Waals surface area contributed by atoms with Crippen molar-refractivity contribution < 1.29 is 9.53 Å². The van der Waals surface area contributed by atoms with Crippen molar-refractivity contribution in [1.29, 1.82) is 0 Å². The van der Waals surface area contributed by atoms with Crippen LogP contribution in [-0.2, 0) is 16.0 Å². The van der Waals surface area contributed by atoms with Gasteiger partial charge in [-0.1, -0.05) is 13.3 Å². The fourth-order valence-corrected chi connectivity index (χ4v) is 3.76. The molecule has 0 aliphatic carbocycles. The lowest BCUT2D eigenvalue weighted by Gasteiger charge is -2.39. The Balaban J connectivity index is 1.53. The SMILES string of the molecule is CCCCc1nc(C)cc(NCCN2CC3(CCOC3)CCC2=O)n1. The Bertz CT molecular complexity index is 599. The van der Waals surface area contributed by atoms with E-state index in [0.717, 1.165) is 69.2 Å². The van der Waals surface area contributed by atoms with E-state index in [4.69, 9.17) is 4.74 Å². The van der Waals surface area contributed by atoms with Crippen molar-refractivity contribution in [2.45, 2.75) is 52.4 Å². The molecule has 1 aromatic rings. The third-order valence-corrected chi connectivity index (χ3v) is 5.28. The molecule has 1 spiro atoms. The fraction of sp³-hybridized carbons (Fsp3) is 0.737. The first kappa shape index (κ1) is 18.1. The average molecular weight is 346 g/mol. The summed E-state index contributed by atoms with van der Waals surface area (Å²) in [5.41, 5.74) is 1.19. The van der Waals surface area contributed by atoms with E-state index in [9.17, 15) is 4.79 Å². The molecule has 0 radical (unpaired) electrons. The number of piperidine rings is 1. The number of hydrogen-bond acceptors (Lipinski definition) is 5. The van der Waals surface area contributed by atoms with Crippen LogP contribution in [0.25, 0.3) is 0 Å². The molecule has 1 atom stereocenters. The van der Waals surface area contributed by atoms with Crippen LogP contribution in [0.1, 0.15) is 50.5 Å². The maximum atomic E-state index is 12.2. The van der Waals surface area contributed by atoms with Crippen LogP contribution in [0.4, 0.5) is 5.82 Å². The number of nitrogens with zero attached hydrogens (tertiary/aromatic N) is 3. The third-order valence-electron chi connectivity index (χ3n) is 5.28. The van der Waals surface area contributed by atoms with Gasteiger partial charge in [-0.05, 0) is 26.2 Å². The normalized spacial score (nSPS) is 23.4. The Morgan fingerprint density at radius 1 is 1.36 bits per heavy atom. The average Bonchev–Trinajstić information content (AvgIpc) is 3.04. The van der Waals surface area contributed by atoms with E-state index in [-0.39, 0.29) is 11.3 Å². The summed E-state index contributed by atoms with van der Waals surface area (Å²) in [6.45, 7) is 8.07. The Morgan fingerprint density at radius 2 is 2.24 bits per heavy atom. The van der Waals surface area contributed by atoms with Crippen LogP contribution in [0.5, 0.6) is 0 Å². The Kier molecular flexibility index (Phi) is 5.89. The van der Waals surface area contributed by atoms with Gasteiger partial charge in [0.15, 0.2) is 0 Å². The molecule has 138 valence electrons. The minimum absolute atomic E-state index is 0.201. The van der Waals surface area contributed by atoms with Gasteiger partial charge in [0, 0.05) is 56.3 Å². The van der Waals surface area contributed by atoms with Crippen molar-refractivity contribution in [3.63, 3.8) is 0 Å². The second-order valence-electron chi connectivity index (χ2n) is 7.46. The highest BCUT2D eigenvalue weighted by molar-refractivity contribution is 5.77. The summed E-state index contributed by atoms with van der Waals surface area (Å²) in [6, 6.07) is 1.97. The highest BCUT2D eigenvalue weighted by atomic mass is 16.5. The van der Waals surface area contributed by atoms with Gasteiger partial charge in [-0.15, -0.1) is 0 Å². The van der Waals surface area contributed by atoms with Gasteiger partial charge in [0.05, 0.1) is 6.61 Å². The summed E-state index contributed by atoms with van der Waals surface area (Å²) in [6.07, 6.45) is 5.87. The van der Waals surface area contributed by atoms with Crippen LogP contribution >= 0.6 is 0 Å². The van der Waals surface area contributed by atoms with Crippen LogP contribution in [-0.4, -0.2) is 53.6 Å². The van der Waals surface area contributed by atoms with Gasteiger partial charge in [0.25, 0.3) is 0 Å². The van der Waals surface area contributed by atoms with Crippen LogP contribution < -0.4 is 5.32 Å². The maximum absolute atomic E-state index is 12.2. The molecule has 1 amide bonds. The topological polar surface area (TPSA) is 67.3 Å². The highest BCUT2D eigenvalue weighted by Gasteiger charge is 2.41. The second-order valence-corrected chi connectivity index (χ2v) is 7.46. The first-order valence-electron chi connectivity index (χ1n) is 9.54. The Labute approximate surface area is 150 Å². The van der Waals surface area contributed by atoms with Gasteiger partial charge in [0.1, 0.15) is 11.6 Å². The molecule has 6 heteroatoms. The molecule has 1 aromatic heterocycles. The largest absolute Gasteiger partial charge is 0.381 e. The molecule has 3 rings (SSSR count). The molecule has 0 aromatic carbocycles. The second kappa shape index (κ2) is 8.13. The minimum Gasteiger partial charge on any atom is -0.381 e. The fourth-order valence-electron chi connectivity index (χ4n) is 3.76. The number of hydrogen-bond donors (Lipinski definition) is 1. The molecular formula is C19H30N4O2. The summed E-state index contributed by atoms with van der Waals surface area (Å²) in [4.78, 5) is 23.3. The number of anilines is 1. The van der Waals surface area contributed by atoms with E-state index >= 15 is 0 Å². The summed E-state index contributed by atoms with van der Waals surface area (Å²) in [7, 11) is 0. The van der Waals surface area contributed by atoms with Crippen LogP contribution in [0.2, 0.25) is 0 Å². The maximum Gasteiger partial charge on any atom is 0.222 e. The minimum atomic E-state index is 0.201. The van der Waals surface area contributed by atoms with E-state index < -0.39 is 0 Å². The molecule has 1 unspecified atom stereocenters. The van der Waals surface area contributed by atoms with Crippen molar-refractivity contribution in [2.24, 2.45) is 5.41 Å². The van der Waals surface area contributed by atoms with Crippen LogP contribution in [0, 0.1) is 12.3 Å². The molecule has 2 aliphatic rings. The van der Waals surface area contributed by atoms with E-state index in [1.54, 1.807) is 0 Å². The monoisotopic (exact) mass is 346 g/mol. The highest BCUT2D eigenvalue weighted by Crippen LogP contribution is 2.37. The third kappa shape index (κ3) is 4.69. The van der Waals surface area contributed by atoms with E-state index in [1.807, 2.05) is 17.9 Å². The van der Waals surface area contributed by atoms with Crippen LogP contribution in [0.3, 0.4) is 0 Å². The summed E-state index contributed by atoms with van der Waals surface area (Å²) in [5.74, 6) is 2.03. The van der Waals surface area contributed by atoms with Crippen molar-refractivity contribution >= 4 is 11.7 Å². The number of aryl methyl sites for hydroxylation is 2. The van der Waals surface area contributed by atoms with Crippen molar-refractivity contribution in [3.05, 3.63) is 17.6 Å². The molecule has 0 bridgehead atoms. The molecular weight excluding hydrogens is 316 g/mol. The molecule has 2 saturated heterocycles. The van der Waals surface area contributed by atoms with Crippen LogP contribution in [0.15, 0.2) is 6.07 Å². The van der Waals surface area contributed by atoms with Crippen molar-refractivity contribution in [2.75, 3.05) is 38.2 Å². The molecule has 25 heavy (non-hydrogen) atoms. The molecule has 0 saturated carbocycles. The Hall–Kier alpha value is -1.69. The molecule has 2 aliphatic heterocycles. The number of nitrogens with one attached hydrogen (secondary N) is 1. The zero-order chi connectivity index (χ0) is 17.7. The molecule has 1 N–H and O–H groups in total. The molecule has 2 fully saturated rings. The first-order chi connectivity index (χ1) is 12.1. The quantitative estimate of drug-likeness (QED) is 0.822. The van der Waals surface area contributed by atoms with Crippen molar-refractivity contribution in [1.82, 2.24) is 14.9 Å². The number of aromatic nitrogens is 2. The smallest absolute Gasteiger partial charge is 0.222 e. The lowest BCUT2D eigenvalue weighted by molar-refractivity contribution is -0.137. The molecule has 3 heterocycles. The number of carbonyl (C=O) groups is 1. The van der Waals surface area contributed by atoms with Gasteiger partial charge in [-0.3, -0.25) is 4.79 Å². The summed E-state index contributed by atoms with van der Waals surface area (Å²) >= 11 is 0. The predicted octanol–water partition coefficient (Wildman–Crippen LogP) is 2.57. The van der Waals surface area contributed by atoms with Crippen molar-refractivity contribution in [3.8, 4) is 0 Å². The van der Waals surface area contributed by atoms with E-state index in [2.05, 4.69) is 22.2 Å². The molecule has 6 nitrogen and oxygen atoms in total. The van der Waals surface area contributed by atoms with Gasteiger partial charge >= 0.3 is 0 Å². The van der Waals surface area contributed by atoms with Gasteiger partial charge in [-0.2, -0.15) is 0 Å². The standard InChI is InChI=1S/C19H30N4O2/c1-3-4-5-16-21-15(2)12-17(22-16)20-9-10-23-13-19(7-6-18(23)24)8-11-25-14-19/h12H,3-11,13-14H2,1-2H3,(H,20,21,22). The lowest BCUT2D eigenvalue weighted by Crippen LogP contribution is -2.48. The Morgan fingerprint density at radius 3 is 3.00 bits per heavy atom. The first-order valence-corrected chi connectivity index (χ1v) is 9.54. The van der Waals surface area contributed by atoms with E-state index in [1.165, 1.54) is 0 Å². The zero-order valence-corrected chi connectivity index (χ0v) is 15.5. The number of ether oxygens (including phenoxy) is 1. The lowest BCUT2D eigenvalue weighted by atomic mass is 9.79.